The maximum absolute atomic E-state index is 13.3. The van der Waals surface area contributed by atoms with Gasteiger partial charge in [0.1, 0.15) is 0 Å². The van der Waals surface area contributed by atoms with Crippen LogP contribution in [0.3, 0.4) is 0 Å². The van der Waals surface area contributed by atoms with Crippen molar-refractivity contribution in [3.05, 3.63) is 58.9 Å². The number of primary amides is 1. The average molecular weight is 482 g/mol. The van der Waals surface area contributed by atoms with E-state index >= 15 is 0 Å². The number of carbonyl (C=O) groups excluding carboxylic acids is 2. The van der Waals surface area contributed by atoms with Crippen molar-refractivity contribution >= 4 is 39.3 Å². The number of fused-ring (bicyclic) bond motifs is 3. The molecular formula is C24H27N5O4S. The van der Waals surface area contributed by atoms with Crippen molar-refractivity contribution in [3.8, 4) is 0 Å². The molecule has 3 heterocycles. The molecule has 2 bridgehead atoms. The smallest absolute Gasteiger partial charge is 0.254 e. The molecule has 5 rings (SSSR count). The van der Waals surface area contributed by atoms with Crippen LogP contribution in [0.5, 0.6) is 0 Å². The quantitative estimate of drug-likeness (QED) is 0.580. The van der Waals surface area contributed by atoms with Gasteiger partial charge < -0.3 is 16.0 Å². The van der Waals surface area contributed by atoms with E-state index in [4.69, 9.17) is 5.73 Å². The Balaban J connectivity index is 1.32. The maximum atomic E-state index is 13.3. The van der Waals surface area contributed by atoms with Crippen LogP contribution in [-0.4, -0.2) is 54.5 Å². The van der Waals surface area contributed by atoms with Gasteiger partial charge in [0.2, 0.25) is 10.0 Å². The van der Waals surface area contributed by atoms with E-state index in [-0.39, 0.29) is 24.0 Å². The molecule has 3 aliphatic rings. The average Bonchev–Trinajstić information content (AvgIpc) is 3.35. The molecule has 0 spiro atoms. The molecule has 10 heteroatoms. The Morgan fingerprint density at radius 1 is 1.12 bits per heavy atom. The number of rotatable bonds is 6. The van der Waals surface area contributed by atoms with Gasteiger partial charge in [0, 0.05) is 47.6 Å². The number of carbonyl (C=O) groups is 2. The fourth-order valence-corrected chi connectivity index (χ4v) is 5.98. The summed E-state index contributed by atoms with van der Waals surface area (Å²) in [7, 11) is -3.37. The van der Waals surface area contributed by atoms with Gasteiger partial charge in [-0.3, -0.25) is 19.3 Å². The lowest BCUT2D eigenvalue weighted by molar-refractivity contribution is 0.0583. The molecule has 2 saturated heterocycles. The number of nitrogens with two attached hydrogens (primary N) is 1. The zero-order valence-corrected chi connectivity index (χ0v) is 19.6. The second-order valence-corrected chi connectivity index (χ2v) is 11.0. The molecular weight excluding hydrogens is 454 g/mol. The summed E-state index contributed by atoms with van der Waals surface area (Å²) in [4.78, 5) is 31.7. The highest BCUT2D eigenvalue weighted by molar-refractivity contribution is 7.92. The lowest BCUT2D eigenvalue weighted by Gasteiger charge is -2.40. The first kappa shape index (κ1) is 22.4. The van der Waals surface area contributed by atoms with Crippen molar-refractivity contribution in [2.24, 2.45) is 5.73 Å². The van der Waals surface area contributed by atoms with Crippen LogP contribution >= 0.6 is 0 Å². The second-order valence-electron chi connectivity index (χ2n) is 9.24. The van der Waals surface area contributed by atoms with E-state index in [1.165, 1.54) is 0 Å². The van der Waals surface area contributed by atoms with Crippen molar-refractivity contribution in [2.75, 3.05) is 16.3 Å². The summed E-state index contributed by atoms with van der Waals surface area (Å²) in [5.41, 5.74) is 9.56. The minimum atomic E-state index is -3.37. The summed E-state index contributed by atoms with van der Waals surface area (Å²) in [6.45, 7) is 0. The number of allylic oxidation sites excluding steroid dienone is 1. The van der Waals surface area contributed by atoms with Gasteiger partial charge in [0.05, 0.1) is 23.2 Å². The Bertz CT molecular complexity index is 1280. The van der Waals surface area contributed by atoms with E-state index in [0.29, 0.717) is 16.8 Å². The van der Waals surface area contributed by atoms with E-state index in [0.717, 1.165) is 55.3 Å². The largest absolute Gasteiger partial charge is 0.381 e. The zero-order valence-electron chi connectivity index (χ0n) is 18.8. The normalized spacial score (nSPS) is 23.0. The SMILES string of the molecule is CS(=O)(=O)Nc1ccc(C(=O)N2[C@@H]3CC[C@H]2CC(Nc2c(C(N)=O)cnc4c2C=CC4)C3)cc1. The van der Waals surface area contributed by atoms with Gasteiger partial charge in [0.25, 0.3) is 11.8 Å². The summed E-state index contributed by atoms with van der Waals surface area (Å²) < 4.78 is 25.2. The lowest BCUT2D eigenvalue weighted by Crippen LogP contribution is -2.49. The zero-order chi connectivity index (χ0) is 24.0. The number of nitrogens with one attached hydrogen (secondary N) is 2. The molecule has 1 unspecified atom stereocenters. The number of pyridine rings is 1. The number of hydrogen-bond acceptors (Lipinski definition) is 6. The van der Waals surface area contributed by atoms with Crippen molar-refractivity contribution in [3.63, 3.8) is 0 Å². The molecule has 2 fully saturated rings. The summed E-state index contributed by atoms with van der Waals surface area (Å²) in [5.74, 6) is -0.551. The molecule has 2 amide bonds. The molecule has 1 aliphatic carbocycles. The van der Waals surface area contributed by atoms with Crippen LogP contribution in [0.25, 0.3) is 6.08 Å². The van der Waals surface area contributed by atoms with Gasteiger partial charge in [-0.25, -0.2) is 8.42 Å². The Morgan fingerprint density at radius 3 is 2.41 bits per heavy atom. The van der Waals surface area contributed by atoms with Crippen LogP contribution in [0.15, 0.2) is 36.5 Å². The highest BCUT2D eigenvalue weighted by Gasteiger charge is 2.43. The van der Waals surface area contributed by atoms with Crippen LogP contribution in [0.4, 0.5) is 11.4 Å². The monoisotopic (exact) mass is 481 g/mol. The summed E-state index contributed by atoms with van der Waals surface area (Å²) in [6.07, 6.45) is 10.8. The molecule has 3 atom stereocenters. The second kappa shape index (κ2) is 8.43. The molecule has 2 aromatic rings. The highest BCUT2D eigenvalue weighted by Crippen LogP contribution is 2.39. The van der Waals surface area contributed by atoms with Gasteiger partial charge in [-0.1, -0.05) is 12.2 Å². The van der Waals surface area contributed by atoms with Crippen molar-refractivity contribution in [1.82, 2.24) is 9.88 Å². The molecule has 0 radical (unpaired) electrons. The first-order valence-corrected chi connectivity index (χ1v) is 13.2. The van der Waals surface area contributed by atoms with E-state index < -0.39 is 15.9 Å². The first-order chi connectivity index (χ1) is 16.2. The Hall–Kier alpha value is -3.40. The van der Waals surface area contributed by atoms with Crippen LogP contribution < -0.4 is 15.8 Å². The number of sulfonamides is 1. The van der Waals surface area contributed by atoms with Crippen LogP contribution in [0.1, 0.15) is 57.7 Å². The summed E-state index contributed by atoms with van der Waals surface area (Å²) in [5, 5.41) is 3.57. The first-order valence-electron chi connectivity index (χ1n) is 11.3. The number of hydrogen-bond donors (Lipinski definition) is 3. The van der Waals surface area contributed by atoms with Gasteiger partial charge in [-0.05, 0) is 49.9 Å². The highest BCUT2D eigenvalue weighted by atomic mass is 32.2. The topological polar surface area (TPSA) is 134 Å². The Labute approximate surface area is 198 Å². The third kappa shape index (κ3) is 4.25. The van der Waals surface area contributed by atoms with Crippen LogP contribution in [0, 0.1) is 0 Å². The number of nitrogens with zero attached hydrogens (tertiary/aromatic N) is 2. The summed E-state index contributed by atoms with van der Waals surface area (Å²) in [6, 6.07) is 6.83. The number of benzene rings is 1. The minimum absolute atomic E-state index is 0.0394. The van der Waals surface area contributed by atoms with Gasteiger partial charge in [-0.2, -0.15) is 0 Å². The van der Waals surface area contributed by atoms with Crippen molar-refractivity contribution in [2.45, 2.75) is 50.2 Å². The predicted molar refractivity (Wildman–Crippen MR) is 130 cm³/mol. The molecule has 1 aromatic carbocycles. The number of amides is 2. The van der Waals surface area contributed by atoms with Gasteiger partial charge in [0.15, 0.2) is 0 Å². The molecule has 1 aromatic heterocycles. The van der Waals surface area contributed by atoms with E-state index in [2.05, 4.69) is 15.0 Å². The van der Waals surface area contributed by atoms with Crippen LogP contribution in [0.2, 0.25) is 0 Å². The van der Waals surface area contributed by atoms with E-state index in [1.54, 1.807) is 30.5 Å². The van der Waals surface area contributed by atoms with E-state index in [9.17, 15) is 18.0 Å². The van der Waals surface area contributed by atoms with Crippen molar-refractivity contribution in [1.29, 1.82) is 0 Å². The number of anilines is 2. The van der Waals surface area contributed by atoms with Crippen molar-refractivity contribution < 1.29 is 18.0 Å². The third-order valence-electron chi connectivity index (χ3n) is 6.81. The fourth-order valence-electron chi connectivity index (χ4n) is 5.41. The molecule has 2 aliphatic heterocycles. The predicted octanol–water partition coefficient (Wildman–Crippen LogP) is 2.37. The number of piperidine rings is 1. The molecule has 178 valence electrons. The van der Waals surface area contributed by atoms with Crippen LogP contribution in [-0.2, 0) is 16.4 Å². The van der Waals surface area contributed by atoms with Gasteiger partial charge >= 0.3 is 0 Å². The summed E-state index contributed by atoms with van der Waals surface area (Å²) >= 11 is 0. The molecule has 9 nitrogen and oxygen atoms in total. The third-order valence-corrected chi connectivity index (χ3v) is 7.42. The lowest BCUT2D eigenvalue weighted by atomic mass is 9.95. The Kier molecular flexibility index (Phi) is 5.55. The Morgan fingerprint density at radius 2 is 1.79 bits per heavy atom. The molecule has 0 saturated carbocycles. The molecule has 4 N–H and O–H groups in total. The standard InChI is InChI=1S/C24H27N5O4S/c1-34(32,33)28-15-7-5-14(6-8-15)24(31)29-17-9-10-18(29)12-16(11-17)27-22-19-3-2-4-21(19)26-13-20(22)23(25)30/h2-3,5-8,13,16-18,28H,4,9-12H2,1H3,(H2,25,30)(H,26,27)/t16?,17-,18+. The maximum Gasteiger partial charge on any atom is 0.254 e. The minimum Gasteiger partial charge on any atom is -0.381 e. The number of aromatic nitrogens is 1. The fraction of sp³-hybridized carbons (Fsp3) is 0.375. The van der Waals surface area contributed by atoms with Gasteiger partial charge in [-0.15, -0.1) is 0 Å². The van der Waals surface area contributed by atoms with E-state index in [1.807, 2.05) is 17.1 Å². The molecule has 34 heavy (non-hydrogen) atoms.